The number of carbonyl (C=O) groups excluding carboxylic acids is 1. The van der Waals surface area contributed by atoms with Crippen molar-refractivity contribution in [2.45, 2.75) is 63.0 Å². The fourth-order valence-electron chi connectivity index (χ4n) is 2.33. The van der Waals surface area contributed by atoms with Crippen molar-refractivity contribution < 1.29 is 9.32 Å². The van der Waals surface area contributed by atoms with Crippen molar-refractivity contribution in [2.75, 3.05) is 0 Å². The molecule has 1 heterocycles. The second-order valence-corrected chi connectivity index (χ2v) is 6.56. The topological polar surface area (TPSA) is 55.1 Å². The van der Waals surface area contributed by atoms with E-state index >= 15 is 0 Å². The van der Waals surface area contributed by atoms with E-state index in [0.29, 0.717) is 11.8 Å². The number of nitrogens with one attached hydrogen (secondary N) is 1. The molecule has 1 aliphatic rings. The molecule has 0 unspecified atom stereocenters. The summed E-state index contributed by atoms with van der Waals surface area (Å²) < 4.78 is 5.14. The highest BCUT2D eigenvalue weighted by Crippen LogP contribution is 2.21. The Bertz CT molecular complexity index is 413. The zero-order valence-corrected chi connectivity index (χ0v) is 12.5. The largest absolute Gasteiger partial charge is 0.360 e. The van der Waals surface area contributed by atoms with Gasteiger partial charge in [-0.25, -0.2) is 0 Å². The summed E-state index contributed by atoms with van der Waals surface area (Å²) in [6.45, 7) is 3.85. The van der Waals surface area contributed by atoms with E-state index < -0.39 is 0 Å². The van der Waals surface area contributed by atoms with Crippen molar-refractivity contribution in [3.8, 4) is 0 Å². The van der Waals surface area contributed by atoms with Gasteiger partial charge in [0.25, 0.3) is 0 Å². The molecular formula is C14H22N2O2S. The number of amides is 1. The van der Waals surface area contributed by atoms with E-state index in [1.807, 2.05) is 19.9 Å². The third kappa shape index (κ3) is 4.56. The van der Waals surface area contributed by atoms with E-state index in [0.717, 1.165) is 24.3 Å². The molecule has 1 amide bonds. The molecule has 2 rings (SSSR count). The van der Waals surface area contributed by atoms with Crippen molar-refractivity contribution in [3.05, 3.63) is 17.5 Å². The van der Waals surface area contributed by atoms with Crippen LogP contribution in [-0.2, 0) is 10.5 Å². The average molecular weight is 282 g/mol. The highest BCUT2D eigenvalue weighted by Gasteiger charge is 2.20. The van der Waals surface area contributed by atoms with Gasteiger partial charge in [-0.05, 0) is 26.7 Å². The summed E-state index contributed by atoms with van der Waals surface area (Å²) in [7, 11) is 0. The Labute approximate surface area is 118 Å². The van der Waals surface area contributed by atoms with Gasteiger partial charge in [-0.15, -0.1) is 11.8 Å². The predicted octanol–water partition coefficient (Wildman–Crippen LogP) is 3.05. The lowest BCUT2D eigenvalue weighted by Gasteiger charge is -2.24. The third-order valence-corrected chi connectivity index (χ3v) is 4.64. The van der Waals surface area contributed by atoms with Crippen LogP contribution in [-0.4, -0.2) is 22.4 Å². The van der Waals surface area contributed by atoms with Gasteiger partial charge in [-0.2, -0.15) is 0 Å². The summed E-state index contributed by atoms with van der Waals surface area (Å²) in [5.74, 6) is 1.67. The minimum absolute atomic E-state index is 0.0488. The third-order valence-electron chi connectivity index (χ3n) is 3.47. The molecule has 0 aliphatic heterocycles. The highest BCUT2D eigenvalue weighted by molar-refractivity contribution is 7.99. The number of aryl methyl sites for hydroxylation is 1. The van der Waals surface area contributed by atoms with E-state index in [1.165, 1.54) is 19.3 Å². The molecule has 1 N–H and O–H groups in total. The average Bonchev–Trinajstić information content (AvgIpc) is 2.83. The highest BCUT2D eigenvalue weighted by atomic mass is 32.2. The lowest BCUT2D eigenvalue weighted by Crippen LogP contribution is -2.40. The molecule has 19 heavy (non-hydrogen) atoms. The second-order valence-electron chi connectivity index (χ2n) is 5.23. The molecule has 1 aromatic rings. The van der Waals surface area contributed by atoms with Crippen LogP contribution in [0.5, 0.6) is 0 Å². The summed E-state index contributed by atoms with van der Waals surface area (Å²) in [6.07, 6.45) is 6.05. The van der Waals surface area contributed by atoms with Crippen molar-refractivity contribution in [3.63, 3.8) is 0 Å². The first-order chi connectivity index (χ1) is 9.15. The Balaban J connectivity index is 1.72. The fraction of sp³-hybridized carbons (Fsp3) is 0.714. The SMILES string of the molecule is Cc1cc(CS[C@H](C)C(=O)NC2CCCCC2)on1. The van der Waals surface area contributed by atoms with Crippen LogP contribution in [0.1, 0.15) is 50.5 Å². The fourth-order valence-corrected chi connectivity index (χ4v) is 3.10. The minimum atomic E-state index is -0.0488. The number of hydrogen-bond donors (Lipinski definition) is 1. The second kappa shape index (κ2) is 6.98. The summed E-state index contributed by atoms with van der Waals surface area (Å²) in [6, 6.07) is 2.30. The zero-order valence-electron chi connectivity index (χ0n) is 11.6. The van der Waals surface area contributed by atoms with Gasteiger partial charge in [-0.1, -0.05) is 24.4 Å². The number of carbonyl (C=O) groups is 1. The molecule has 1 fully saturated rings. The standard InChI is InChI=1S/C14H22N2O2S/c1-10-8-13(18-16-10)9-19-11(2)14(17)15-12-6-4-3-5-7-12/h8,11-12H,3-7,9H2,1-2H3,(H,15,17)/t11-/m1/s1. The van der Waals surface area contributed by atoms with Crippen molar-refractivity contribution in [1.29, 1.82) is 0 Å². The van der Waals surface area contributed by atoms with Crippen molar-refractivity contribution in [1.82, 2.24) is 10.5 Å². The maximum absolute atomic E-state index is 12.1. The van der Waals surface area contributed by atoms with Gasteiger partial charge in [0.05, 0.1) is 16.7 Å². The quantitative estimate of drug-likeness (QED) is 0.902. The van der Waals surface area contributed by atoms with Crippen LogP contribution in [0.15, 0.2) is 10.6 Å². The smallest absolute Gasteiger partial charge is 0.233 e. The maximum atomic E-state index is 12.1. The molecule has 1 aliphatic carbocycles. The van der Waals surface area contributed by atoms with Gasteiger partial charge < -0.3 is 9.84 Å². The summed E-state index contributed by atoms with van der Waals surface area (Å²) in [5.41, 5.74) is 0.884. The van der Waals surface area contributed by atoms with Crippen LogP contribution in [0.2, 0.25) is 0 Å². The Morgan fingerprint density at radius 2 is 2.26 bits per heavy atom. The predicted molar refractivity (Wildman–Crippen MR) is 77.0 cm³/mol. The zero-order chi connectivity index (χ0) is 13.7. The van der Waals surface area contributed by atoms with Gasteiger partial charge in [-0.3, -0.25) is 4.79 Å². The number of thioether (sulfide) groups is 1. The summed E-state index contributed by atoms with van der Waals surface area (Å²) >= 11 is 1.59. The van der Waals surface area contributed by atoms with Gasteiger partial charge >= 0.3 is 0 Å². The van der Waals surface area contributed by atoms with Crippen LogP contribution in [0.25, 0.3) is 0 Å². The number of hydrogen-bond acceptors (Lipinski definition) is 4. The molecular weight excluding hydrogens is 260 g/mol. The van der Waals surface area contributed by atoms with Gasteiger partial charge in [0.15, 0.2) is 0 Å². The van der Waals surface area contributed by atoms with E-state index in [-0.39, 0.29) is 11.2 Å². The first-order valence-corrected chi connectivity index (χ1v) is 8.04. The Morgan fingerprint density at radius 3 is 2.89 bits per heavy atom. The monoisotopic (exact) mass is 282 g/mol. The number of aromatic nitrogens is 1. The van der Waals surface area contributed by atoms with Crippen LogP contribution >= 0.6 is 11.8 Å². The van der Waals surface area contributed by atoms with Crippen molar-refractivity contribution in [2.24, 2.45) is 0 Å². The summed E-state index contributed by atoms with van der Waals surface area (Å²) in [4.78, 5) is 12.1. The van der Waals surface area contributed by atoms with E-state index in [2.05, 4.69) is 10.5 Å². The molecule has 1 saturated carbocycles. The van der Waals surface area contributed by atoms with Gasteiger partial charge in [0, 0.05) is 12.1 Å². The van der Waals surface area contributed by atoms with Crippen LogP contribution in [0.4, 0.5) is 0 Å². The minimum Gasteiger partial charge on any atom is -0.360 e. The molecule has 106 valence electrons. The van der Waals surface area contributed by atoms with E-state index in [4.69, 9.17) is 4.52 Å². The molecule has 5 heteroatoms. The first kappa shape index (κ1) is 14.4. The molecule has 0 spiro atoms. The van der Waals surface area contributed by atoms with Crippen LogP contribution in [0, 0.1) is 6.92 Å². The van der Waals surface area contributed by atoms with Gasteiger partial charge in [0.1, 0.15) is 5.76 Å². The summed E-state index contributed by atoms with van der Waals surface area (Å²) in [5, 5.41) is 6.95. The Kier molecular flexibility index (Phi) is 5.31. The molecule has 0 saturated heterocycles. The normalized spacial score (nSPS) is 18.2. The van der Waals surface area contributed by atoms with Gasteiger partial charge in [0.2, 0.25) is 5.91 Å². The Morgan fingerprint density at radius 1 is 1.53 bits per heavy atom. The lowest BCUT2D eigenvalue weighted by molar-refractivity contribution is -0.121. The van der Waals surface area contributed by atoms with E-state index in [1.54, 1.807) is 11.8 Å². The van der Waals surface area contributed by atoms with Crippen molar-refractivity contribution >= 4 is 17.7 Å². The lowest BCUT2D eigenvalue weighted by atomic mass is 9.95. The Hall–Kier alpha value is -0.970. The molecule has 1 aromatic heterocycles. The number of nitrogens with zero attached hydrogens (tertiary/aromatic N) is 1. The number of rotatable bonds is 5. The van der Waals surface area contributed by atoms with Crippen LogP contribution < -0.4 is 5.32 Å². The molecule has 4 nitrogen and oxygen atoms in total. The maximum Gasteiger partial charge on any atom is 0.233 e. The first-order valence-electron chi connectivity index (χ1n) is 6.99. The van der Waals surface area contributed by atoms with Crippen LogP contribution in [0.3, 0.4) is 0 Å². The molecule has 0 aromatic carbocycles. The molecule has 1 atom stereocenters. The molecule has 0 radical (unpaired) electrons. The van der Waals surface area contributed by atoms with E-state index in [9.17, 15) is 4.79 Å². The molecule has 0 bridgehead atoms.